The number of hydrogen-bond donors (Lipinski definition) is 2. The smallest absolute Gasteiger partial charge is 0.228 e. The van der Waals surface area contributed by atoms with Crippen LogP contribution in [0.1, 0.15) is 36.3 Å². The summed E-state index contributed by atoms with van der Waals surface area (Å²) in [6, 6.07) is 8.32. The largest absolute Gasteiger partial charge is 0.396 e. The molecule has 0 saturated heterocycles. The standard InChI is InChI=1S/C15H19NO2/c17-9-11-5-3-7-14(11)16-15(18)13-8-10-4-1-2-6-12(10)13/h1-2,4,6,11,13-14,17H,3,5,7-9H2,(H,16,18). The first-order valence-corrected chi connectivity index (χ1v) is 6.78. The van der Waals surface area contributed by atoms with Crippen LogP contribution in [0.5, 0.6) is 0 Å². The number of carbonyl (C=O) groups excluding carboxylic acids is 1. The quantitative estimate of drug-likeness (QED) is 0.850. The maximum Gasteiger partial charge on any atom is 0.228 e. The molecule has 0 spiro atoms. The molecule has 0 radical (unpaired) electrons. The molecule has 0 bridgehead atoms. The van der Waals surface area contributed by atoms with Gasteiger partial charge in [0.25, 0.3) is 0 Å². The zero-order chi connectivity index (χ0) is 12.5. The lowest BCUT2D eigenvalue weighted by Crippen LogP contribution is -2.43. The van der Waals surface area contributed by atoms with E-state index in [0.29, 0.717) is 0 Å². The second kappa shape index (κ2) is 4.73. The fraction of sp³-hybridized carbons (Fsp3) is 0.533. The van der Waals surface area contributed by atoms with E-state index in [0.717, 1.165) is 25.7 Å². The van der Waals surface area contributed by atoms with Gasteiger partial charge in [0, 0.05) is 18.6 Å². The SMILES string of the molecule is O=C(NC1CCCC1CO)C1Cc2ccccc21. The van der Waals surface area contributed by atoms with Crippen LogP contribution in [0, 0.1) is 5.92 Å². The Bertz CT molecular complexity index is 458. The van der Waals surface area contributed by atoms with Crippen LogP contribution < -0.4 is 5.32 Å². The average molecular weight is 245 g/mol. The van der Waals surface area contributed by atoms with Crippen molar-refractivity contribution in [1.29, 1.82) is 0 Å². The minimum Gasteiger partial charge on any atom is -0.396 e. The van der Waals surface area contributed by atoms with Crippen molar-refractivity contribution in [2.75, 3.05) is 6.61 Å². The Labute approximate surface area is 107 Å². The van der Waals surface area contributed by atoms with Gasteiger partial charge in [-0.1, -0.05) is 30.7 Å². The molecule has 0 heterocycles. The van der Waals surface area contributed by atoms with Crippen LogP contribution in [-0.4, -0.2) is 23.7 Å². The van der Waals surface area contributed by atoms with Crippen LogP contribution in [0.4, 0.5) is 0 Å². The third-order valence-electron chi connectivity index (χ3n) is 4.39. The van der Waals surface area contributed by atoms with E-state index in [1.165, 1.54) is 11.1 Å². The highest BCUT2D eigenvalue weighted by Gasteiger charge is 2.35. The molecule has 3 unspecified atom stereocenters. The first-order valence-electron chi connectivity index (χ1n) is 6.78. The van der Waals surface area contributed by atoms with Gasteiger partial charge in [0.15, 0.2) is 0 Å². The summed E-state index contributed by atoms with van der Waals surface area (Å²) in [4.78, 5) is 12.2. The van der Waals surface area contributed by atoms with Crippen molar-refractivity contribution in [2.45, 2.75) is 37.6 Å². The molecule has 2 N–H and O–H groups in total. The van der Waals surface area contributed by atoms with Gasteiger partial charge in [-0.25, -0.2) is 0 Å². The van der Waals surface area contributed by atoms with E-state index in [1.54, 1.807) is 0 Å². The molecule has 3 rings (SSSR count). The summed E-state index contributed by atoms with van der Waals surface area (Å²) in [5, 5.41) is 12.4. The first kappa shape index (κ1) is 11.7. The van der Waals surface area contributed by atoms with Gasteiger partial charge >= 0.3 is 0 Å². The predicted molar refractivity (Wildman–Crippen MR) is 69.2 cm³/mol. The minimum absolute atomic E-state index is 0.0288. The summed E-state index contributed by atoms with van der Waals surface area (Å²) < 4.78 is 0. The third kappa shape index (κ3) is 1.93. The van der Waals surface area contributed by atoms with Gasteiger partial charge < -0.3 is 10.4 Å². The zero-order valence-electron chi connectivity index (χ0n) is 10.4. The molecule has 0 aliphatic heterocycles. The van der Waals surface area contributed by atoms with E-state index in [2.05, 4.69) is 11.4 Å². The highest BCUT2D eigenvalue weighted by molar-refractivity contribution is 5.87. The lowest BCUT2D eigenvalue weighted by atomic mass is 9.77. The van der Waals surface area contributed by atoms with Gasteiger partial charge in [0.2, 0.25) is 5.91 Å². The zero-order valence-corrected chi connectivity index (χ0v) is 10.4. The maximum atomic E-state index is 12.2. The Morgan fingerprint density at radius 2 is 2.17 bits per heavy atom. The summed E-state index contributed by atoms with van der Waals surface area (Å²) in [5.74, 6) is 0.421. The van der Waals surface area contributed by atoms with Crippen LogP contribution in [0.2, 0.25) is 0 Å². The molecule has 3 heteroatoms. The summed E-state index contributed by atoms with van der Waals surface area (Å²) in [7, 11) is 0. The number of carbonyl (C=O) groups is 1. The van der Waals surface area contributed by atoms with Crippen LogP contribution in [0.15, 0.2) is 24.3 Å². The summed E-state index contributed by atoms with van der Waals surface area (Å²) in [6.45, 7) is 0.187. The molecule has 96 valence electrons. The Kier molecular flexibility index (Phi) is 3.08. The molecule has 18 heavy (non-hydrogen) atoms. The number of hydrogen-bond acceptors (Lipinski definition) is 2. The molecule has 0 aromatic heterocycles. The Balaban J connectivity index is 1.64. The lowest BCUT2D eigenvalue weighted by Gasteiger charge is -2.31. The van der Waals surface area contributed by atoms with Crippen molar-refractivity contribution in [3.63, 3.8) is 0 Å². The molecule has 2 aliphatic carbocycles. The van der Waals surface area contributed by atoms with Gasteiger partial charge in [-0.15, -0.1) is 0 Å². The topological polar surface area (TPSA) is 49.3 Å². The van der Waals surface area contributed by atoms with E-state index < -0.39 is 0 Å². The molecule has 1 aromatic rings. The second-order valence-corrected chi connectivity index (χ2v) is 5.44. The van der Waals surface area contributed by atoms with Crippen molar-refractivity contribution in [2.24, 2.45) is 5.92 Å². The molecule has 1 fully saturated rings. The van der Waals surface area contributed by atoms with Gasteiger partial charge in [0.05, 0.1) is 5.92 Å². The molecule has 2 aliphatic rings. The lowest BCUT2D eigenvalue weighted by molar-refractivity contribution is -0.124. The van der Waals surface area contributed by atoms with Gasteiger partial charge in [-0.05, 0) is 30.4 Å². The fourth-order valence-corrected chi connectivity index (χ4v) is 3.22. The van der Waals surface area contributed by atoms with Gasteiger partial charge in [-0.3, -0.25) is 4.79 Å². The van der Waals surface area contributed by atoms with Gasteiger partial charge in [-0.2, -0.15) is 0 Å². The highest BCUT2D eigenvalue weighted by Crippen LogP contribution is 2.35. The molecule has 3 nitrogen and oxygen atoms in total. The number of nitrogens with one attached hydrogen (secondary N) is 1. The van der Waals surface area contributed by atoms with Crippen molar-refractivity contribution in [1.82, 2.24) is 5.32 Å². The van der Waals surface area contributed by atoms with Crippen LogP contribution >= 0.6 is 0 Å². The molecule has 1 amide bonds. The van der Waals surface area contributed by atoms with Gasteiger partial charge in [0.1, 0.15) is 0 Å². The number of fused-ring (bicyclic) bond motifs is 1. The van der Waals surface area contributed by atoms with Crippen molar-refractivity contribution in [3.05, 3.63) is 35.4 Å². The molecule has 1 aromatic carbocycles. The fourth-order valence-electron chi connectivity index (χ4n) is 3.22. The normalized spacial score (nSPS) is 29.5. The summed E-state index contributed by atoms with van der Waals surface area (Å²) >= 11 is 0. The molecule has 3 atom stereocenters. The third-order valence-corrected chi connectivity index (χ3v) is 4.39. The van der Waals surface area contributed by atoms with Crippen LogP contribution in [0.25, 0.3) is 0 Å². The first-order chi connectivity index (χ1) is 8.79. The molecular weight excluding hydrogens is 226 g/mol. The Hall–Kier alpha value is -1.35. The van der Waals surface area contributed by atoms with E-state index in [1.807, 2.05) is 18.2 Å². The number of rotatable bonds is 3. The van der Waals surface area contributed by atoms with E-state index in [-0.39, 0.29) is 30.4 Å². The highest BCUT2D eigenvalue weighted by atomic mass is 16.3. The predicted octanol–water partition coefficient (Wildman–Crippen LogP) is 1.60. The van der Waals surface area contributed by atoms with E-state index >= 15 is 0 Å². The number of amides is 1. The van der Waals surface area contributed by atoms with E-state index in [4.69, 9.17) is 0 Å². The Morgan fingerprint density at radius 1 is 1.33 bits per heavy atom. The number of aliphatic hydroxyl groups is 1. The number of aliphatic hydroxyl groups excluding tert-OH is 1. The van der Waals surface area contributed by atoms with Crippen molar-refractivity contribution < 1.29 is 9.90 Å². The van der Waals surface area contributed by atoms with Crippen LogP contribution in [-0.2, 0) is 11.2 Å². The monoisotopic (exact) mass is 245 g/mol. The average Bonchev–Trinajstić information content (AvgIpc) is 2.78. The molecule has 1 saturated carbocycles. The van der Waals surface area contributed by atoms with Crippen LogP contribution in [0.3, 0.4) is 0 Å². The Morgan fingerprint density at radius 3 is 2.94 bits per heavy atom. The number of benzene rings is 1. The second-order valence-electron chi connectivity index (χ2n) is 5.44. The summed E-state index contributed by atoms with van der Waals surface area (Å²) in [6.07, 6.45) is 4.00. The maximum absolute atomic E-state index is 12.2. The van der Waals surface area contributed by atoms with Crippen molar-refractivity contribution >= 4 is 5.91 Å². The minimum atomic E-state index is 0.0288. The van der Waals surface area contributed by atoms with Crippen molar-refractivity contribution in [3.8, 4) is 0 Å². The summed E-state index contributed by atoms with van der Waals surface area (Å²) in [5.41, 5.74) is 2.47. The molecular formula is C15H19NO2. The van der Waals surface area contributed by atoms with E-state index in [9.17, 15) is 9.90 Å².